The van der Waals surface area contributed by atoms with Crippen LogP contribution < -0.4 is 10.2 Å². The lowest BCUT2D eigenvalue weighted by Gasteiger charge is -2.21. The summed E-state index contributed by atoms with van der Waals surface area (Å²) in [4.78, 5) is 13.9. The monoisotopic (exact) mass is 220 g/mol. The molecule has 0 radical (unpaired) electrons. The third-order valence-electron chi connectivity index (χ3n) is 3.66. The van der Waals surface area contributed by atoms with E-state index in [9.17, 15) is 4.79 Å². The highest BCUT2D eigenvalue weighted by Crippen LogP contribution is 2.38. The second-order valence-electron chi connectivity index (χ2n) is 4.96. The van der Waals surface area contributed by atoms with Crippen molar-refractivity contribution in [1.82, 2.24) is 15.1 Å². The van der Waals surface area contributed by atoms with Gasteiger partial charge in [0.05, 0.1) is 11.9 Å². The molecule has 0 aromatic carbocycles. The minimum atomic E-state index is 0.174. The maximum absolute atomic E-state index is 12.0. The number of carbonyl (C=O) groups is 1. The zero-order valence-corrected chi connectivity index (χ0v) is 9.44. The summed E-state index contributed by atoms with van der Waals surface area (Å²) >= 11 is 0. The van der Waals surface area contributed by atoms with Crippen molar-refractivity contribution in [1.29, 1.82) is 0 Å². The number of rotatable bonds is 1. The molecular formula is C11H16N4O. The molecule has 2 saturated heterocycles. The quantitative estimate of drug-likeness (QED) is 0.732. The fourth-order valence-electron chi connectivity index (χ4n) is 2.76. The van der Waals surface area contributed by atoms with Crippen LogP contribution in [0.2, 0.25) is 0 Å². The van der Waals surface area contributed by atoms with Gasteiger partial charge in [-0.3, -0.25) is 9.48 Å². The van der Waals surface area contributed by atoms with E-state index in [0.29, 0.717) is 6.42 Å². The third kappa shape index (κ3) is 1.43. The van der Waals surface area contributed by atoms with E-state index in [-0.39, 0.29) is 11.3 Å². The maximum Gasteiger partial charge on any atom is 0.227 e. The van der Waals surface area contributed by atoms with E-state index in [0.717, 1.165) is 31.7 Å². The molecule has 2 aliphatic rings. The fourth-order valence-corrected chi connectivity index (χ4v) is 2.76. The predicted octanol–water partition coefficient (Wildman–Crippen LogP) is 0.136. The highest BCUT2D eigenvalue weighted by atomic mass is 16.2. The average Bonchev–Trinajstić information content (AvgIpc) is 2.90. The standard InChI is InChI=1S/C11H16N4O/c1-14-6-9(5-13-14)15-8-11(4-10(15)16)2-3-12-7-11/h5-6,12H,2-4,7-8H2,1H3. The largest absolute Gasteiger partial charge is 0.316 e. The smallest absolute Gasteiger partial charge is 0.227 e. The maximum atomic E-state index is 12.0. The Morgan fingerprint density at radius 1 is 1.56 bits per heavy atom. The molecule has 0 aliphatic carbocycles. The van der Waals surface area contributed by atoms with Crippen LogP contribution >= 0.6 is 0 Å². The first-order valence-electron chi connectivity index (χ1n) is 5.68. The number of hydrogen-bond acceptors (Lipinski definition) is 3. The lowest BCUT2D eigenvalue weighted by molar-refractivity contribution is -0.117. The van der Waals surface area contributed by atoms with Gasteiger partial charge in [0.15, 0.2) is 0 Å². The summed E-state index contributed by atoms with van der Waals surface area (Å²) in [6, 6.07) is 0. The van der Waals surface area contributed by atoms with E-state index in [1.807, 2.05) is 18.1 Å². The molecule has 2 aliphatic heterocycles. The SMILES string of the molecule is Cn1cc(N2CC3(CCNC3)CC2=O)cn1. The second kappa shape index (κ2) is 3.31. The molecule has 0 saturated carbocycles. The van der Waals surface area contributed by atoms with Gasteiger partial charge in [-0.2, -0.15) is 5.10 Å². The molecule has 1 amide bonds. The van der Waals surface area contributed by atoms with Gasteiger partial charge < -0.3 is 10.2 Å². The van der Waals surface area contributed by atoms with Crippen LogP contribution in [-0.2, 0) is 11.8 Å². The molecule has 16 heavy (non-hydrogen) atoms. The average molecular weight is 220 g/mol. The van der Waals surface area contributed by atoms with Crippen molar-refractivity contribution in [2.45, 2.75) is 12.8 Å². The van der Waals surface area contributed by atoms with Crippen molar-refractivity contribution in [2.24, 2.45) is 12.5 Å². The van der Waals surface area contributed by atoms with Gasteiger partial charge in [0.2, 0.25) is 5.91 Å². The van der Waals surface area contributed by atoms with Gasteiger partial charge in [-0.25, -0.2) is 0 Å². The topological polar surface area (TPSA) is 50.2 Å². The number of anilines is 1. The van der Waals surface area contributed by atoms with Gasteiger partial charge in [0.25, 0.3) is 0 Å². The van der Waals surface area contributed by atoms with E-state index in [1.54, 1.807) is 10.9 Å². The van der Waals surface area contributed by atoms with Crippen LogP contribution in [0.1, 0.15) is 12.8 Å². The van der Waals surface area contributed by atoms with Gasteiger partial charge >= 0.3 is 0 Å². The summed E-state index contributed by atoms with van der Waals surface area (Å²) in [5.74, 6) is 0.233. The highest BCUT2D eigenvalue weighted by Gasteiger charge is 2.45. The number of aromatic nitrogens is 2. The Morgan fingerprint density at radius 2 is 2.44 bits per heavy atom. The van der Waals surface area contributed by atoms with Gasteiger partial charge in [-0.05, 0) is 13.0 Å². The van der Waals surface area contributed by atoms with Crippen LogP contribution in [0.3, 0.4) is 0 Å². The van der Waals surface area contributed by atoms with Gasteiger partial charge in [-0.15, -0.1) is 0 Å². The number of aryl methyl sites for hydroxylation is 1. The third-order valence-corrected chi connectivity index (χ3v) is 3.66. The number of hydrogen-bond donors (Lipinski definition) is 1. The first-order valence-corrected chi connectivity index (χ1v) is 5.68. The van der Waals surface area contributed by atoms with Crippen molar-refractivity contribution in [2.75, 3.05) is 24.5 Å². The first-order chi connectivity index (χ1) is 7.69. The van der Waals surface area contributed by atoms with Gasteiger partial charge in [0.1, 0.15) is 0 Å². The van der Waals surface area contributed by atoms with Crippen molar-refractivity contribution in [3.05, 3.63) is 12.4 Å². The summed E-state index contributed by atoms with van der Waals surface area (Å²) in [6.45, 7) is 2.84. The van der Waals surface area contributed by atoms with Crippen molar-refractivity contribution < 1.29 is 4.79 Å². The Morgan fingerprint density at radius 3 is 3.06 bits per heavy atom. The molecule has 2 fully saturated rings. The minimum Gasteiger partial charge on any atom is -0.316 e. The van der Waals surface area contributed by atoms with E-state index >= 15 is 0 Å². The number of nitrogens with one attached hydrogen (secondary N) is 1. The van der Waals surface area contributed by atoms with Gasteiger partial charge in [0, 0.05) is 38.2 Å². The molecule has 3 heterocycles. The van der Waals surface area contributed by atoms with Gasteiger partial charge in [-0.1, -0.05) is 0 Å². The Hall–Kier alpha value is -1.36. The zero-order chi connectivity index (χ0) is 11.2. The van der Waals surface area contributed by atoms with Crippen LogP contribution in [0.25, 0.3) is 0 Å². The number of carbonyl (C=O) groups excluding carboxylic acids is 1. The molecule has 1 unspecified atom stereocenters. The fraction of sp³-hybridized carbons (Fsp3) is 0.636. The van der Waals surface area contributed by atoms with Crippen molar-refractivity contribution in [3.63, 3.8) is 0 Å². The Balaban J connectivity index is 1.85. The zero-order valence-electron chi connectivity index (χ0n) is 9.44. The molecule has 1 atom stereocenters. The molecule has 1 N–H and O–H groups in total. The predicted molar refractivity (Wildman–Crippen MR) is 60.1 cm³/mol. The summed E-state index contributed by atoms with van der Waals surface area (Å²) in [7, 11) is 1.87. The second-order valence-corrected chi connectivity index (χ2v) is 4.96. The summed E-state index contributed by atoms with van der Waals surface area (Å²) in [5, 5.41) is 7.47. The molecule has 0 bridgehead atoms. The van der Waals surface area contributed by atoms with E-state index in [4.69, 9.17) is 0 Å². The molecular weight excluding hydrogens is 204 g/mol. The molecule has 1 spiro atoms. The molecule has 1 aromatic rings. The lowest BCUT2D eigenvalue weighted by Crippen LogP contribution is -2.29. The van der Waals surface area contributed by atoms with Crippen LogP contribution in [0.15, 0.2) is 12.4 Å². The van der Waals surface area contributed by atoms with Crippen LogP contribution in [0.5, 0.6) is 0 Å². The van der Waals surface area contributed by atoms with Crippen molar-refractivity contribution in [3.8, 4) is 0 Å². The molecule has 3 rings (SSSR count). The van der Waals surface area contributed by atoms with Crippen LogP contribution in [-0.4, -0.2) is 35.3 Å². The summed E-state index contributed by atoms with van der Waals surface area (Å²) in [6.07, 6.45) is 5.45. The van der Waals surface area contributed by atoms with E-state index in [1.165, 1.54) is 0 Å². The highest BCUT2D eigenvalue weighted by molar-refractivity contribution is 5.96. The summed E-state index contributed by atoms with van der Waals surface area (Å²) in [5.41, 5.74) is 1.10. The minimum absolute atomic E-state index is 0.174. The molecule has 86 valence electrons. The summed E-state index contributed by atoms with van der Waals surface area (Å²) < 4.78 is 1.74. The van der Waals surface area contributed by atoms with E-state index < -0.39 is 0 Å². The van der Waals surface area contributed by atoms with Crippen LogP contribution in [0.4, 0.5) is 5.69 Å². The Labute approximate surface area is 94.4 Å². The Kier molecular flexibility index (Phi) is 2.04. The van der Waals surface area contributed by atoms with E-state index in [2.05, 4.69) is 10.4 Å². The number of amides is 1. The van der Waals surface area contributed by atoms with Crippen molar-refractivity contribution >= 4 is 11.6 Å². The van der Waals surface area contributed by atoms with Crippen LogP contribution in [0, 0.1) is 5.41 Å². The Bertz CT molecular complexity index is 419. The lowest BCUT2D eigenvalue weighted by atomic mass is 9.86. The number of nitrogens with zero attached hydrogens (tertiary/aromatic N) is 3. The first kappa shape index (κ1) is 9.84. The molecule has 5 nitrogen and oxygen atoms in total. The molecule has 5 heteroatoms. The molecule has 1 aromatic heterocycles. The normalized spacial score (nSPS) is 29.6.